The van der Waals surface area contributed by atoms with Gasteiger partial charge in [-0.3, -0.25) is 9.36 Å². The quantitative estimate of drug-likeness (QED) is 0.641. The molecule has 0 aliphatic carbocycles. The van der Waals surface area contributed by atoms with Gasteiger partial charge >= 0.3 is 0 Å². The van der Waals surface area contributed by atoms with E-state index in [1.165, 1.54) is 11.8 Å². The SMILES string of the molecule is CC(C)Cn1c(SCC(=O)N(C)[C@@H]2CCS(=O)(=O)C2)nnc1-c1ccco1. The van der Waals surface area contributed by atoms with Gasteiger partial charge in [-0.25, -0.2) is 8.42 Å². The predicted octanol–water partition coefficient (Wildman–Crippen LogP) is 1.93. The molecule has 2 aromatic heterocycles. The first-order chi connectivity index (χ1) is 12.8. The minimum atomic E-state index is -3.02. The molecule has 0 unspecified atom stereocenters. The van der Waals surface area contributed by atoms with Gasteiger partial charge in [0.05, 0.1) is 23.5 Å². The van der Waals surface area contributed by atoms with E-state index in [-0.39, 0.29) is 29.2 Å². The van der Waals surface area contributed by atoms with Crippen molar-refractivity contribution < 1.29 is 17.6 Å². The Labute approximate surface area is 163 Å². The van der Waals surface area contributed by atoms with Gasteiger partial charge in [-0.05, 0) is 24.5 Å². The van der Waals surface area contributed by atoms with Crippen LogP contribution in [-0.4, -0.2) is 64.3 Å². The van der Waals surface area contributed by atoms with Gasteiger partial charge in [0.1, 0.15) is 0 Å². The maximum absolute atomic E-state index is 12.5. The van der Waals surface area contributed by atoms with E-state index in [1.807, 2.05) is 10.6 Å². The van der Waals surface area contributed by atoms with Gasteiger partial charge in [0.2, 0.25) is 5.91 Å². The molecular formula is C17H24N4O4S2. The summed E-state index contributed by atoms with van der Waals surface area (Å²) in [7, 11) is -1.35. The lowest BCUT2D eigenvalue weighted by molar-refractivity contribution is -0.128. The second-order valence-electron chi connectivity index (χ2n) is 7.14. The lowest BCUT2D eigenvalue weighted by Crippen LogP contribution is -2.38. The summed E-state index contributed by atoms with van der Waals surface area (Å²) in [6.07, 6.45) is 2.09. The van der Waals surface area contributed by atoms with Gasteiger partial charge in [-0.15, -0.1) is 10.2 Å². The highest BCUT2D eigenvalue weighted by Gasteiger charge is 2.32. The normalized spacial score (nSPS) is 18.9. The zero-order chi connectivity index (χ0) is 19.6. The third-order valence-electron chi connectivity index (χ3n) is 4.48. The Kier molecular flexibility index (Phi) is 5.95. The number of hydrogen-bond donors (Lipinski definition) is 0. The molecule has 10 heteroatoms. The average molecular weight is 413 g/mol. The molecule has 2 aromatic rings. The molecule has 1 aliphatic heterocycles. The monoisotopic (exact) mass is 412 g/mol. The molecule has 1 amide bonds. The smallest absolute Gasteiger partial charge is 0.233 e. The third-order valence-corrected chi connectivity index (χ3v) is 7.18. The van der Waals surface area contributed by atoms with Crippen LogP contribution in [0.3, 0.4) is 0 Å². The summed E-state index contributed by atoms with van der Waals surface area (Å²) in [6, 6.07) is 3.38. The molecule has 0 bridgehead atoms. The highest BCUT2D eigenvalue weighted by molar-refractivity contribution is 7.99. The second-order valence-corrected chi connectivity index (χ2v) is 10.3. The molecule has 8 nitrogen and oxygen atoms in total. The Balaban J connectivity index is 1.69. The van der Waals surface area contributed by atoms with Gasteiger partial charge in [0, 0.05) is 19.6 Å². The zero-order valence-corrected chi connectivity index (χ0v) is 17.3. The van der Waals surface area contributed by atoms with E-state index in [1.54, 1.807) is 24.3 Å². The van der Waals surface area contributed by atoms with Crippen molar-refractivity contribution in [3.8, 4) is 11.6 Å². The van der Waals surface area contributed by atoms with E-state index in [2.05, 4.69) is 24.0 Å². The van der Waals surface area contributed by atoms with Crippen LogP contribution in [-0.2, 0) is 21.2 Å². The number of rotatable bonds is 7. The minimum absolute atomic E-state index is 0.0477. The standard InChI is InChI=1S/C17H24N4O4S2/c1-12(2)9-21-16(14-5-4-7-25-14)18-19-17(21)26-10-15(22)20(3)13-6-8-27(23,24)11-13/h4-5,7,12-13H,6,8-11H2,1-3H3/t13-/m1/s1. The van der Waals surface area contributed by atoms with Crippen LogP contribution in [0.1, 0.15) is 20.3 Å². The Morgan fingerprint density at radius 3 is 2.81 bits per heavy atom. The summed E-state index contributed by atoms with van der Waals surface area (Å²) < 4.78 is 30.7. The molecule has 1 saturated heterocycles. The van der Waals surface area contributed by atoms with Crippen molar-refractivity contribution in [1.29, 1.82) is 0 Å². The molecular weight excluding hydrogens is 388 g/mol. The van der Waals surface area contributed by atoms with Crippen LogP contribution < -0.4 is 0 Å². The first kappa shape index (κ1) is 19.9. The third kappa shape index (κ3) is 4.73. The van der Waals surface area contributed by atoms with E-state index < -0.39 is 9.84 Å². The number of hydrogen-bond acceptors (Lipinski definition) is 7. The van der Waals surface area contributed by atoms with Crippen molar-refractivity contribution in [2.45, 2.75) is 38.0 Å². The maximum atomic E-state index is 12.5. The number of aromatic nitrogens is 3. The highest BCUT2D eigenvalue weighted by atomic mass is 32.2. The fraction of sp³-hybridized carbons (Fsp3) is 0.588. The molecule has 1 fully saturated rings. The number of carbonyl (C=O) groups is 1. The van der Waals surface area contributed by atoms with Crippen molar-refractivity contribution in [2.75, 3.05) is 24.3 Å². The Bertz CT molecular complexity index is 890. The lowest BCUT2D eigenvalue weighted by atomic mass is 10.2. The predicted molar refractivity (Wildman–Crippen MR) is 103 cm³/mol. The molecule has 1 atom stereocenters. The number of sulfone groups is 1. The van der Waals surface area contributed by atoms with E-state index in [9.17, 15) is 13.2 Å². The van der Waals surface area contributed by atoms with Crippen LogP contribution in [0.25, 0.3) is 11.6 Å². The second kappa shape index (κ2) is 8.05. The van der Waals surface area contributed by atoms with Gasteiger partial charge in [0.25, 0.3) is 0 Å². The number of carbonyl (C=O) groups excluding carboxylic acids is 1. The summed E-state index contributed by atoms with van der Waals surface area (Å²) in [5, 5.41) is 9.10. The molecule has 0 radical (unpaired) electrons. The average Bonchev–Trinajstić information content (AvgIpc) is 3.31. The number of nitrogens with zero attached hydrogens (tertiary/aromatic N) is 4. The largest absolute Gasteiger partial charge is 0.461 e. The van der Waals surface area contributed by atoms with Gasteiger partial charge in [-0.2, -0.15) is 0 Å². The fourth-order valence-corrected chi connectivity index (χ4v) is 5.67. The zero-order valence-electron chi connectivity index (χ0n) is 15.7. The van der Waals surface area contributed by atoms with Crippen LogP contribution in [0.4, 0.5) is 0 Å². The van der Waals surface area contributed by atoms with Gasteiger partial charge in [-0.1, -0.05) is 25.6 Å². The maximum Gasteiger partial charge on any atom is 0.233 e. The van der Waals surface area contributed by atoms with Crippen molar-refractivity contribution in [3.63, 3.8) is 0 Å². The van der Waals surface area contributed by atoms with Crippen LogP contribution in [0.15, 0.2) is 28.0 Å². The van der Waals surface area contributed by atoms with Crippen LogP contribution >= 0.6 is 11.8 Å². The highest BCUT2D eigenvalue weighted by Crippen LogP contribution is 2.26. The van der Waals surface area contributed by atoms with Crippen molar-refractivity contribution in [2.24, 2.45) is 5.92 Å². The van der Waals surface area contributed by atoms with E-state index in [0.717, 1.165) is 0 Å². The molecule has 3 heterocycles. The summed E-state index contributed by atoms with van der Waals surface area (Å²) in [6.45, 7) is 4.90. The fourth-order valence-electron chi connectivity index (χ4n) is 3.03. The minimum Gasteiger partial charge on any atom is -0.461 e. The van der Waals surface area contributed by atoms with Crippen LogP contribution in [0.5, 0.6) is 0 Å². The Morgan fingerprint density at radius 2 is 2.22 bits per heavy atom. The summed E-state index contributed by atoms with van der Waals surface area (Å²) in [4.78, 5) is 14.1. The first-order valence-corrected chi connectivity index (χ1v) is 11.6. The van der Waals surface area contributed by atoms with Gasteiger partial charge < -0.3 is 9.32 Å². The molecule has 1 aliphatic rings. The Hall–Kier alpha value is -1.81. The first-order valence-electron chi connectivity index (χ1n) is 8.83. The van der Waals surface area contributed by atoms with Gasteiger partial charge in [0.15, 0.2) is 26.6 Å². The Morgan fingerprint density at radius 1 is 1.44 bits per heavy atom. The molecule has 0 aromatic carbocycles. The number of thioether (sulfide) groups is 1. The van der Waals surface area contributed by atoms with E-state index >= 15 is 0 Å². The molecule has 0 saturated carbocycles. The molecule has 0 spiro atoms. The van der Waals surface area contributed by atoms with Crippen LogP contribution in [0, 0.1) is 5.92 Å². The topological polar surface area (TPSA) is 98.3 Å². The lowest BCUT2D eigenvalue weighted by Gasteiger charge is -2.23. The summed E-state index contributed by atoms with van der Waals surface area (Å²) >= 11 is 1.31. The van der Waals surface area contributed by atoms with Crippen molar-refractivity contribution in [3.05, 3.63) is 18.4 Å². The number of amides is 1. The van der Waals surface area contributed by atoms with E-state index in [4.69, 9.17) is 4.42 Å². The van der Waals surface area contributed by atoms with Crippen molar-refractivity contribution in [1.82, 2.24) is 19.7 Å². The van der Waals surface area contributed by atoms with E-state index in [0.29, 0.717) is 35.6 Å². The molecule has 148 valence electrons. The number of furan rings is 1. The summed E-state index contributed by atoms with van der Waals surface area (Å²) in [5.74, 6) is 1.91. The molecule has 3 rings (SSSR count). The molecule has 0 N–H and O–H groups in total. The summed E-state index contributed by atoms with van der Waals surface area (Å²) in [5.41, 5.74) is 0. The van der Waals surface area contributed by atoms with Crippen molar-refractivity contribution >= 4 is 27.5 Å². The molecule has 27 heavy (non-hydrogen) atoms. The van der Waals surface area contributed by atoms with Crippen LogP contribution in [0.2, 0.25) is 0 Å².